The van der Waals surface area contributed by atoms with Crippen molar-refractivity contribution in [2.45, 2.75) is 172 Å². The summed E-state index contributed by atoms with van der Waals surface area (Å²) in [7, 11) is 6.94. The molecule has 1 aromatic heterocycles. The van der Waals surface area contributed by atoms with Crippen molar-refractivity contribution >= 4 is 23.1 Å². The molecule has 13 heteroatoms. The highest BCUT2D eigenvalue weighted by Gasteiger charge is 2.57. The molecular weight excluding hydrogens is 725 g/mol. The Labute approximate surface area is 331 Å². The number of cyclic esters (lactones) is 1. The number of aromatic nitrogens is 1. The maximum Gasteiger partial charge on any atom is 0.306 e. The van der Waals surface area contributed by atoms with Gasteiger partial charge in [-0.05, 0) is 96.6 Å². The van der Waals surface area contributed by atoms with E-state index in [1.165, 1.54) is 4.88 Å². The van der Waals surface area contributed by atoms with Crippen LogP contribution in [0.15, 0.2) is 11.6 Å². The van der Waals surface area contributed by atoms with Crippen LogP contribution in [0.25, 0.3) is 0 Å². The van der Waals surface area contributed by atoms with Crippen LogP contribution in [-0.4, -0.2) is 113 Å². The summed E-state index contributed by atoms with van der Waals surface area (Å²) in [6, 6.07) is 0.275. The Morgan fingerprint density at radius 3 is 2.36 bits per heavy atom. The van der Waals surface area contributed by atoms with E-state index in [1.807, 2.05) is 20.9 Å². The molecule has 55 heavy (non-hydrogen) atoms. The van der Waals surface area contributed by atoms with Gasteiger partial charge in [-0.3, -0.25) is 9.59 Å². The fraction of sp³-hybridized carbons (Fsp3) is 0.833. The van der Waals surface area contributed by atoms with Crippen molar-refractivity contribution in [2.24, 2.45) is 23.7 Å². The van der Waals surface area contributed by atoms with E-state index in [-0.39, 0.29) is 103 Å². The number of methoxy groups -OCH3 is 3. The molecule has 1 N–H and O–H groups in total. The van der Waals surface area contributed by atoms with E-state index >= 15 is 0 Å². The average Bonchev–Trinajstić information content (AvgIpc) is 3.87. The van der Waals surface area contributed by atoms with Crippen molar-refractivity contribution in [3.05, 3.63) is 27.2 Å². The number of esters is 1. The van der Waals surface area contributed by atoms with E-state index in [2.05, 4.69) is 32.2 Å². The van der Waals surface area contributed by atoms with Crippen LogP contribution in [0.2, 0.25) is 0 Å². The van der Waals surface area contributed by atoms with E-state index in [4.69, 9.17) is 42.9 Å². The molecule has 3 saturated heterocycles. The zero-order valence-electron chi connectivity index (χ0n) is 34.2. The van der Waals surface area contributed by atoms with Gasteiger partial charge in [0.2, 0.25) is 0 Å². The number of likely N-dealkylation sites (N-methyl/N-ethyl adjacent to an activating group) is 1. The largest absolute Gasteiger partial charge is 0.462 e. The van der Waals surface area contributed by atoms with Crippen LogP contribution < -0.4 is 5.32 Å². The first-order valence-corrected chi connectivity index (χ1v) is 21.6. The number of ether oxygens (including phenoxy) is 8. The summed E-state index contributed by atoms with van der Waals surface area (Å²) >= 11 is 1.74. The molecule has 0 radical (unpaired) electrons. The molecule has 3 aliphatic heterocycles. The van der Waals surface area contributed by atoms with E-state index in [0.717, 1.165) is 61.2 Å². The number of allylic oxidation sites excluding steroid dienone is 2. The van der Waals surface area contributed by atoms with Gasteiger partial charge >= 0.3 is 5.97 Å². The predicted molar refractivity (Wildman–Crippen MR) is 206 cm³/mol. The Balaban J connectivity index is 1.18. The number of nitrogens with one attached hydrogen (secondary N) is 1. The third-order valence-corrected chi connectivity index (χ3v) is 14.9. The van der Waals surface area contributed by atoms with Crippen LogP contribution in [0.5, 0.6) is 0 Å². The van der Waals surface area contributed by atoms with Gasteiger partial charge in [-0.1, -0.05) is 19.9 Å². The van der Waals surface area contributed by atoms with Crippen molar-refractivity contribution < 1.29 is 47.5 Å². The van der Waals surface area contributed by atoms with Crippen LogP contribution in [-0.2, 0) is 47.5 Å². The molecular formula is C42H64N2O10S. The highest BCUT2D eigenvalue weighted by Crippen LogP contribution is 2.62. The van der Waals surface area contributed by atoms with Gasteiger partial charge in [-0.25, -0.2) is 4.98 Å². The number of ketones is 1. The minimum absolute atomic E-state index is 0.00926. The molecule has 1 saturated carbocycles. The number of aryl methyl sites for hydroxylation is 1. The molecule has 7 rings (SSSR count). The lowest BCUT2D eigenvalue weighted by molar-refractivity contribution is -0.314. The SMILES string of the molecule is CC[C@H]1CCC[C@H](O[C@H]2CC[C@H](NC)C(C)O2)[C@@H](C)C(=O)C2=C[C@@H]3C(c4nc(C)sc4C4C[C@@H](O[C@@H]5OC(C)[C@H](OC)C(OC)[C@@H]5OC)C[C@H]43)[C@@H]2CC(=O)O1. The summed E-state index contributed by atoms with van der Waals surface area (Å²) in [4.78, 5) is 35.1. The third-order valence-electron chi connectivity index (χ3n) is 13.7. The van der Waals surface area contributed by atoms with Gasteiger partial charge in [-0.2, -0.15) is 0 Å². The summed E-state index contributed by atoms with van der Waals surface area (Å²) in [5.41, 5.74) is 1.77. The molecule has 308 valence electrons. The molecule has 3 aliphatic carbocycles. The summed E-state index contributed by atoms with van der Waals surface area (Å²) in [6.07, 6.45) is 5.69. The van der Waals surface area contributed by atoms with Gasteiger partial charge in [0.1, 0.15) is 24.4 Å². The van der Waals surface area contributed by atoms with E-state index in [9.17, 15) is 9.59 Å². The fourth-order valence-electron chi connectivity index (χ4n) is 10.9. The number of rotatable bonds is 9. The lowest BCUT2D eigenvalue weighted by Crippen LogP contribution is -2.59. The molecule has 17 atom stereocenters. The van der Waals surface area contributed by atoms with Crippen molar-refractivity contribution in [1.29, 1.82) is 0 Å². The average molecular weight is 789 g/mol. The molecule has 4 fully saturated rings. The molecule has 0 bridgehead atoms. The number of hydrogen-bond donors (Lipinski definition) is 1. The van der Waals surface area contributed by atoms with Crippen molar-refractivity contribution in [3.63, 3.8) is 0 Å². The first-order valence-electron chi connectivity index (χ1n) is 20.8. The second kappa shape index (κ2) is 17.6. The number of carbonyl (C=O) groups excluding carboxylic acids is 2. The first-order chi connectivity index (χ1) is 26.5. The third kappa shape index (κ3) is 8.13. The number of fused-ring (bicyclic) bond motifs is 8. The summed E-state index contributed by atoms with van der Waals surface area (Å²) < 4.78 is 50.0. The minimum atomic E-state index is -0.627. The van der Waals surface area contributed by atoms with Crippen molar-refractivity contribution in [3.8, 4) is 0 Å². The fourth-order valence-corrected chi connectivity index (χ4v) is 12.1. The quantitative estimate of drug-likeness (QED) is 0.295. The molecule has 0 aromatic carbocycles. The maximum absolute atomic E-state index is 14.9. The van der Waals surface area contributed by atoms with Crippen LogP contribution >= 0.6 is 11.3 Å². The van der Waals surface area contributed by atoms with E-state index < -0.39 is 18.3 Å². The van der Waals surface area contributed by atoms with E-state index in [0.29, 0.717) is 6.42 Å². The normalized spacial score (nSPS) is 43.7. The topological polar surface area (TPSA) is 133 Å². The van der Waals surface area contributed by atoms with Crippen molar-refractivity contribution in [2.75, 3.05) is 28.4 Å². The van der Waals surface area contributed by atoms with Crippen LogP contribution in [0.4, 0.5) is 0 Å². The summed E-state index contributed by atoms with van der Waals surface area (Å²) in [5.74, 6) is -0.565. The summed E-state index contributed by atoms with van der Waals surface area (Å²) in [6.45, 7) is 10.2. The second-order valence-electron chi connectivity index (χ2n) is 16.9. The Morgan fingerprint density at radius 2 is 1.67 bits per heavy atom. The predicted octanol–water partition coefficient (Wildman–Crippen LogP) is 5.99. The second-order valence-corrected chi connectivity index (χ2v) is 18.1. The van der Waals surface area contributed by atoms with Gasteiger partial charge in [0, 0.05) is 55.9 Å². The van der Waals surface area contributed by atoms with Gasteiger partial charge < -0.3 is 43.2 Å². The highest BCUT2D eigenvalue weighted by atomic mass is 32.1. The van der Waals surface area contributed by atoms with Gasteiger partial charge in [0.25, 0.3) is 0 Å². The zero-order valence-corrected chi connectivity index (χ0v) is 35.0. The lowest BCUT2D eigenvalue weighted by atomic mass is 9.67. The molecule has 0 spiro atoms. The van der Waals surface area contributed by atoms with Crippen LogP contribution in [0.1, 0.15) is 113 Å². The Hall–Kier alpha value is -1.81. The Kier molecular flexibility index (Phi) is 13.2. The summed E-state index contributed by atoms with van der Waals surface area (Å²) in [5, 5.41) is 4.35. The number of hydrogen-bond acceptors (Lipinski definition) is 13. The Morgan fingerprint density at radius 1 is 0.909 bits per heavy atom. The maximum atomic E-state index is 14.9. The van der Waals surface area contributed by atoms with Crippen molar-refractivity contribution in [1.82, 2.24) is 10.3 Å². The molecule has 1 aromatic rings. The number of thiazole rings is 1. The minimum Gasteiger partial charge on any atom is -0.462 e. The molecule has 5 unspecified atom stereocenters. The number of nitrogens with zero attached hydrogens (tertiary/aromatic N) is 1. The van der Waals surface area contributed by atoms with Crippen LogP contribution in [0.3, 0.4) is 0 Å². The van der Waals surface area contributed by atoms with Gasteiger partial charge in [-0.15, -0.1) is 11.3 Å². The first kappa shape index (κ1) is 41.4. The lowest BCUT2D eigenvalue weighted by Gasteiger charge is -2.44. The smallest absolute Gasteiger partial charge is 0.306 e. The number of Topliss-reactive ketones (excluding diaryl/α,β-unsaturated/α-hetero) is 1. The van der Waals surface area contributed by atoms with E-state index in [1.54, 1.807) is 32.7 Å². The van der Waals surface area contributed by atoms with Crippen LogP contribution in [0, 0.1) is 30.6 Å². The van der Waals surface area contributed by atoms with Gasteiger partial charge in [0.05, 0.1) is 41.5 Å². The highest BCUT2D eigenvalue weighted by molar-refractivity contribution is 7.11. The molecule has 12 nitrogen and oxygen atoms in total. The standard InChI is InChI=1S/C42H64N2O10S/c1-10-24-12-11-13-32(54-34-15-14-31(43-6)21(3)50-34)20(2)37(46)29-18-27-26-16-25(53-42-40(49-9)39(48-8)38(47-7)22(4)51-42)17-30(26)41-36(44-23(5)55-41)35(27)28(29)19-33(45)52-24/h18,20-22,24-28,30-32,34-35,38-40,42-43H,10-17,19H2,1-9H3/t20-,21?,22?,24+,25+,26+,27+,28-,30?,31+,32+,34+,35?,38+,39?,40+,42+/m1/s1. The monoisotopic (exact) mass is 788 g/mol. The Bertz CT molecular complexity index is 1540. The molecule has 4 heterocycles. The molecule has 6 aliphatic rings. The number of carbonyl (C=O) groups is 2. The zero-order chi connectivity index (χ0) is 39.1. The van der Waals surface area contributed by atoms with Gasteiger partial charge in [0.15, 0.2) is 18.4 Å². The molecule has 0 amide bonds.